The summed E-state index contributed by atoms with van der Waals surface area (Å²) < 4.78 is 5.08. The maximum atomic E-state index is 5.08. The first-order valence-electron chi connectivity index (χ1n) is 4.99. The second kappa shape index (κ2) is 4.21. The van der Waals surface area contributed by atoms with Crippen LogP contribution in [0.2, 0.25) is 0 Å². The molecule has 0 aliphatic carbocycles. The zero-order valence-electron chi connectivity index (χ0n) is 7.51. The molecule has 2 aliphatic heterocycles. The van der Waals surface area contributed by atoms with Crippen molar-refractivity contribution in [2.24, 2.45) is 0 Å². The molecular formula is C9H18N2O. The number of hydrogen-bond acceptors (Lipinski definition) is 3. The molecule has 3 heteroatoms. The number of ether oxygens (including phenoxy) is 1. The second-order valence-corrected chi connectivity index (χ2v) is 3.77. The van der Waals surface area contributed by atoms with Gasteiger partial charge in [0.05, 0.1) is 19.3 Å². The van der Waals surface area contributed by atoms with E-state index in [9.17, 15) is 0 Å². The Hall–Kier alpha value is -0.120. The van der Waals surface area contributed by atoms with E-state index in [0.717, 1.165) is 25.8 Å². The molecule has 2 N–H and O–H groups in total. The van der Waals surface area contributed by atoms with Crippen LogP contribution in [0.4, 0.5) is 0 Å². The van der Waals surface area contributed by atoms with Gasteiger partial charge in [0, 0.05) is 6.04 Å². The van der Waals surface area contributed by atoms with Gasteiger partial charge in [-0.15, -0.1) is 0 Å². The van der Waals surface area contributed by atoms with E-state index < -0.39 is 0 Å². The fourth-order valence-corrected chi connectivity index (χ4v) is 1.82. The SMILES string of the molecule is C1CNC(CCNC2COC2)C1. The Morgan fingerprint density at radius 2 is 2.33 bits per heavy atom. The minimum absolute atomic E-state index is 0.645. The molecule has 0 aromatic heterocycles. The molecule has 0 bridgehead atoms. The Morgan fingerprint density at radius 1 is 1.42 bits per heavy atom. The molecule has 2 rings (SSSR count). The largest absolute Gasteiger partial charge is 0.378 e. The van der Waals surface area contributed by atoms with E-state index in [1.165, 1.54) is 25.8 Å². The van der Waals surface area contributed by atoms with E-state index in [0.29, 0.717) is 6.04 Å². The van der Waals surface area contributed by atoms with Crippen LogP contribution in [-0.2, 0) is 4.74 Å². The summed E-state index contributed by atoms with van der Waals surface area (Å²) >= 11 is 0. The van der Waals surface area contributed by atoms with E-state index in [-0.39, 0.29) is 0 Å². The van der Waals surface area contributed by atoms with Crippen molar-refractivity contribution >= 4 is 0 Å². The minimum Gasteiger partial charge on any atom is -0.378 e. The Kier molecular flexibility index (Phi) is 2.98. The molecule has 12 heavy (non-hydrogen) atoms. The fraction of sp³-hybridized carbons (Fsp3) is 1.00. The van der Waals surface area contributed by atoms with Gasteiger partial charge in [-0.2, -0.15) is 0 Å². The van der Waals surface area contributed by atoms with Gasteiger partial charge in [-0.3, -0.25) is 0 Å². The quantitative estimate of drug-likeness (QED) is 0.628. The van der Waals surface area contributed by atoms with Crippen LogP contribution >= 0.6 is 0 Å². The third kappa shape index (κ3) is 2.19. The highest BCUT2D eigenvalue weighted by atomic mass is 16.5. The van der Waals surface area contributed by atoms with Crippen LogP contribution in [0, 0.1) is 0 Å². The smallest absolute Gasteiger partial charge is 0.0643 e. The van der Waals surface area contributed by atoms with Gasteiger partial charge in [-0.1, -0.05) is 0 Å². The molecule has 2 heterocycles. The topological polar surface area (TPSA) is 33.3 Å². The molecule has 70 valence electrons. The molecule has 0 aromatic carbocycles. The second-order valence-electron chi connectivity index (χ2n) is 3.77. The highest BCUT2D eigenvalue weighted by molar-refractivity contribution is 4.77. The van der Waals surface area contributed by atoms with Gasteiger partial charge >= 0.3 is 0 Å². The zero-order chi connectivity index (χ0) is 8.23. The highest BCUT2D eigenvalue weighted by Crippen LogP contribution is 2.08. The van der Waals surface area contributed by atoms with E-state index in [1.54, 1.807) is 0 Å². The fourth-order valence-electron chi connectivity index (χ4n) is 1.82. The molecular weight excluding hydrogens is 152 g/mol. The van der Waals surface area contributed by atoms with Crippen LogP contribution in [0.15, 0.2) is 0 Å². The summed E-state index contributed by atoms with van der Waals surface area (Å²) in [6.07, 6.45) is 4.00. The molecule has 1 atom stereocenters. The summed E-state index contributed by atoms with van der Waals surface area (Å²) in [5.74, 6) is 0. The van der Waals surface area contributed by atoms with Crippen molar-refractivity contribution < 1.29 is 4.74 Å². The molecule has 2 saturated heterocycles. The van der Waals surface area contributed by atoms with Crippen molar-refractivity contribution in [3.05, 3.63) is 0 Å². The summed E-state index contributed by atoms with van der Waals surface area (Å²) in [7, 11) is 0. The highest BCUT2D eigenvalue weighted by Gasteiger charge is 2.18. The van der Waals surface area contributed by atoms with Gasteiger partial charge in [0.25, 0.3) is 0 Å². The normalized spacial score (nSPS) is 30.5. The first kappa shape index (κ1) is 8.48. The van der Waals surface area contributed by atoms with Crippen molar-refractivity contribution in [2.75, 3.05) is 26.3 Å². The number of nitrogens with one attached hydrogen (secondary N) is 2. The van der Waals surface area contributed by atoms with Gasteiger partial charge in [0.2, 0.25) is 0 Å². The van der Waals surface area contributed by atoms with Gasteiger partial charge < -0.3 is 15.4 Å². The maximum Gasteiger partial charge on any atom is 0.0643 e. The minimum atomic E-state index is 0.645. The third-order valence-corrected chi connectivity index (χ3v) is 2.73. The van der Waals surface area contributed by atoms with Crippen LogP contribution in [0.3, 0.4) is 0 Å². The molecule has 0 aromatic rings. The third-order valence-electron chi connectivity index (χ3n) is 2.73. The predicted octanol–water partition coefficient (Wildman–Crippen LogP) is 0.117. The average molecular weight is 170 g/mol. The zero-order valence-corrected chi connectivity index (χ0v) is 7.51. The first-order valence-corrected chi connectivity index (χ1v) is 4.99. The molecule has 2 fully saturated rings. The van der Waals surface area contributed by atoms with Crippen molar-refractivity contribution in [3.63, 3.8) is 0 Å². The van der Waals surface area contributed by atoms with E-state index in [2.05, 4.69) is 10.6 Å². The molecule has 0 saturated carbocycles. The summed E-state index contributed by atoms with van der Waals surface area (Å²) in [5, 5.41) is 6.98. The lowest BCUT2D eigenvalue weighted by molar-refractivity contribution is -0.00512. The van der Waals surface area contributed by atoms with Gasteiger partial charge in [0.15, 0.2) is 0 Å². The Morgan fingerprint density at radius 3 is 2.92 bits per heavy atom. The van der Waals surface area contributed by atoms with Crippen LogP contribution in [0.25, 0.3) is 0 Å². The molecule has 0 spiro atoms. The number of hydrogen-bond donors (Lipinski definition) is 2. The van der Waals surface area contributed by atoms with Crippen LogP contribution in [0.5, 0.6) is 0 Å². The van der Waals surface area contributed by atoms with Crippen molar-refractivity contribution in [3.8, 4) is 0 Å². The molecule has 0 radical (unpaired) electrons. The summed E-state index contributed by atoms with van der Waals surface area (Å²) in [6.45, 7) is 4.19. The lowest BCUT2D eigenvalue weighted by Gasteiger charge is -2.27. The standard InChI is InChI=1S/C9H18N2O/c1-2-8(10-4-1)3-5-11-9-6-12-7-9/h8-11H,1-7H2. The molecule has 0 amide bonds. The molecule has 3 nitrogen and oxygen atoms in total. The maximum absolute atomic E-state index is 5.08. The van der Waals surface area contributed by atoms with Gasteiger partial charge in [0.1, 0.15) is 0 Å². The monoisotopic (exact) mass is 170 g/mol. The van der Waals surface area contributed by atoms with Crippen LogP contribution in [0.1, 0.15) is 19.3 Å². The summed E-state index contributed by atoms with van der Waals surface area (Å²) in [4.78, 5) is 0. The predicted molar refractivity (Wildman–Crippen MR) is 48.3 cm³/mol. The first-order chi connectivity index (χ1) is 5.95. The van der Waals surface area contributed by atoms with E-state index >= 15 is 0 Å². The lowest BCUT2D eigenvalue weighted by Crippen LogP contribution is -2.47. The van der Waals surface area contributed by atoms with Crippen molar-refractivity contribution in [1.29, 1.82) is 0 Å². The van der Waals surface area contributed by atoms with Gasteiger partial charge in [-0.25, -0.2) is 0 Å². The van der Waals surface area contributed by atoms with Crippen LogP contribution in [-0.4, -0.2) is 38.4 Å². The molecule has 2 aliphatic rings. The van der Waals surface area contributed by atoms with Crippen LogP contribution < -0.4 is 10.6 Å². The Balaban J connectivity index is 1.49. The van der Waals surface area contributed by atoms with Crippen molar-refractivity contribution in [2.45, 2.75) is 31.3 Å². The van der Waals surface area contributed by atoms with Gasteiger partial charge in [-0.05, 0) is 32.4 Å². The Labute approximate surface area is 73.9 Å². The lowest BCUT2D eigenvalue weighted by atomic mass is 10.1. The summed E-state index contributed by atoms with van der Waals surface area (Å²) in [5.41, 5.74) is 0. The van der Waals surface area contributed by atoms with E-state index in [1.807, 2.05) is 0 Å². The Bertz CT molecular complexity index is 130. The van der Waals surface area contributed by atoms with E-state index in [4.69, 9.17) is 4.74 Å². The number of rotatable bonds is 4. The summed E-state index contributed by atoms with van der Waals surface area (Å²) in [6, 6.07) is 1.42. The average Bonchev–Trinajstić information content (AvgIpc) is 2.46. The van der Waals surface area contributed by atoms with Crippen molar-refractivity contribution in [1.82, 2.24) is 10.6 Å². The molecule has 1 unspecified atom stereocenters.